The molecule has 22 heavy (non-hydrogen) atoms. The molecule has 4 nitrogen and oxygen atoms in total. The molecule has 0 radical (unpaired) electrons. The number of rotatable bonds is 7. The summed E-state index contributed by atoms with van der Waals surface area (Å²) in [5, 5.41) is 2.90. The second-order valence-electron chi connectivity index (χ2n) is 4.60. The maximum atomic E-state index is 11.9. The van der Waals surface area contributed by atoms with E-state index in [4.69, 9.17) is 9.47 Å². The number of methoxy groups -OCH3 is 2. The molecule has 0 aliphatic carbocycles. The average Bonchev–Trinajstić information content (AvgIpc) is 2.58. The molecular weight excluding hydrogens is 298 g/mol. The lowest BCUT2D eigenvalue weighted by Gasteiger charge is -2.09. The molecule has 0 fully saturated rings. The lowest BCUT2D eigenvalue weighted by Crippen LogP contribution is -2.24. The fraction of sp³-hybridized carbons (Fsp3) is 0.235. The molecule has 0 aliphatic heterocycles. The topological polar surface area (TPSA) is 47.6 Å². The monoisotopic (exact) mass is 317 g/mol. The van der Waals surface area contributed by atoms with Crippen molar-refractivity contribution in [2.24, 2.45) is 0 Å². The predicted molar refractivity (Wildman–Crippen MR) is 88.6 cm³/mol. The van der Waals surface area contributed by atoms with Gasteiger partial charge in [0.1, 0.15) is 11.5 Å². The predicted octanol–water partition coefficient (Wildman–Crippen LogP) is 3.11. The molecule has 2 rings (SSSR count). The lowest BCUT2D eigenvalue weighted by molar-refractivity contribution is -0.118. The van der Waals surface area contributed by atoms with Gasteiger partial charge in [-0.3, -0.25) is 4.79 Å². The number of ether oxygens (including phenoxy) is 2. The Morgan fingerprint density at radius 1 is 1.05 bits per heavy atom. The van der Waals surface area contributed by atoms with Crippen LogP contribution in [0.15, 0.2) is 53.4 Å². The minimum Gasteiger partial charge on any atom is -0.497 e. The summed E-state index contributed by atoms with van der Waals surface area (Å²) in [5.74, 6) is 1.81. The Hall–Kier alpha value is -2.14. The van der Waals surface area contributed by atoms with Gasteiger partial charge in [0.05, 0.1) is 20.0 Å². The Morgan fingerprint density at radius 2 is 1.68 bits per heavy atom. The van der Waals surface area contributed by atoms with Crippen molar-refractivity contribution in [1.82, 2.24) is 5.32 Å². The molecule has 0 aromatic heterocycles. The molecule has 0 heterocycles. The van der Waals surface area contributed by atoms with Crippen molar-refractivity contribution in [3.05, 3.63) is 54.1 Å². The molecule has 2 aromatic carbocycles. The van der Waals surface area contributed by atoms with E-state index in [2.05, 4.69) is 5.32 Å². The summed E-state index contributed by atoms with van der Waals surface area (Å²) in [5.41, 5.74) is 0.939. The Kier molecular flexibility index (Phi) is 6.15. The maximum absolute atomic E-state index is 11.9. The summed E-state index contributed by atoms with van der Waals surface area (Å²) in [6, 6.07) is 15.4. The van der Waals surface area contributed by atoms with Crippen LogP contribution >= 0.6 is 11.8 Å². The van der Waals surface area contributed by atoms with Crippen molar-refractivity contribution in [1.29, 1.82) is 0 Å². The number of nitrogens with one attached hydrogen (secondary N) is 1. The van der Waals surface area contributed by atoms with Gasteiger partial charge < -0.3 is 14.8 Å². The van der Waals surface area contributed by atoms with Crippen molar-refractivity contribution >= 4 is 17.7 Å². The first-order valence-corrected chi connectivity index (χ1v) is 7.86. The molecule has 0 spiro atoms. The molecule has 1 amide bonds. The summed E-state index contributed by atoms with van der Waals surface area (Å²) in [4.78, 5) is 13.0. The molecule has 5 heteroatoms. The van der Waals surface area contributed by atoms with E-state index >= 15 is 0 Å². The highest BCUT2D eigenvalue weighted by Crippen LogP contribution is 2.22. The number of hydrogen-bond acceptors (Lipinski definition) is 4. The molecule has 0 aliphatic rings. The summed E-state index contributed by atoms with van der Waals surface area (Å²) in [6.45, 7) is 0.446. The van der Waals surface area contributed by atoms with Crippen LogP contribution in [0.5, 0.6) is 11.5 Å². The van der Waals surface area contributed by atoms with E-state index in [1.165, 1.54) is 11.8 Å². The highest BCUT2D eigenvalue weighted by Gasteiger charge is 2.05. The van der Waals surface area contributed by atoms with Gasteiger partial charge in [-0.25, -0.2) is 0 Å². The van der Waals surface area contributed by atoms with Gasteiger partial charge in [-0.1, -0.05) is 18.2 Å². The third-order valence-electron chi connectivity index (χ3n) is 3.01. The number of hydrogen-bond donors (Lipinski definition) is 1. The average molecular weight is 317 g/mol. The van der Waals surface area contributed by atoms with Crippen LogP contribution in [0, 0.1) is 0 Å². The van der Waals surface area contributed by atoms with Crippen LogP contribution in [0.3, 0.4) is 0 Å². The van der Waals surface area contributed by atoms with E-state index in [-0.39, 0.29) is 5.91 Å². The van der Waals surface area contributed by atoms with Crippen LogP contribution in [0.25, 0.3) is 0 Å². The van der Waals surface area contributed by atoms with Gasteiger partial charge in [0.2, 0.25) is 5.91 Å². The van der Waals surface area contributed by atoms with Crippen LogP contribution in [-0.2, 0) is 11.3 Å². The van der Waals surface area contributed by atoms with E-state index in [9.17, 15) is 4.79 Å². The molecule has 0 atom stereocenters. The molecule has 1 N–H and O–H groups in total. The van der Waals surface area contributed by atoms with Gasteiger partial charge in [0.15, 0.2) is 0 Å². The van der Waals surface area contributed by atoms with Crippen LogP contribution in [0.4, 0.5) is 0 Å². The Morgan fingerprint density at radius 3 is 2.27 bits per heavy atom. The zero-order chi connectivity index (χ0) is 15.8. The number of carbonyl (C=O) groups is 1. The molecule has 0 saturated carbocycles. The first kappa shape index (κ1) is 16.2. The fourth-order valence-corrected chi connectivity index (χ4v) is 2.64. The zero-order valence-corrected chi connectivity index (χ0v) is 13.5. The van der Waals surface area contributed by atoms with Gasteiger partial charge in [0, 0.05) is 17.5 Å². The fourth-order valence-electron chi connectivity index (χ4n) is 1.89. The second kappa shape index (κ2) is 8.34. The smallest absolute Gasteiger partial charge is 0.230 e. The van der Waals surface area contributed by atoms with Crippen LogP contribution in [0.1, 0.15) is 5.56 Å². The Bertz CT molecular complexity index is 594. The van der Waals surface area contributed by atoms with E-state index in [0.29, 0.717) is 23.8 Å². The highest BCUT2D eigenvalue weighted by molar-refractivity contribution is 8.00. The number of carbonyl (C=O) groups excluding carboxylic acids is 1. The highest BCUT2D eigenvalue weighted by atomic mass is 32.2. The summed E-state index contributed by atoms with van der Waals surface area (Å²) < 4.78 is 10.4. The largest absolute Gasteiger partial charge is 0.497 e. The van der Waals surface area contributed by atoms with Crippen LogP contribution in [-0.4, -0.2) is 25.9 Å². The minimum atomic E-state index is -0.00404. The van der Waals surface area contributed by atoms with E-state index in [1.807, 2.05) is 42.5 Å². The van der Waals surface area contributed by atoms with Crippen molar-refractivity contribution in [2.75, 3.05) is 20.0 Å². The van der Waals surface area contributed by atoms with Crippen molar-refractivity contribution < 1.29 is 14.3 Å². The Labute approximate surface area is 134 Å². The maximum Gasteiger partial charge on any atom is 0.230 e. The third-order valence-corrected chi connectivity index (χ3v) is 4.03. The van der Waals surface area contributed by atoms with Crippen molar-refractivity contribution in [2.45, 2.75) is 11.4 Å². The zero-order valence-electron chi connectivity index (χ0n) is 12.7. The van der Waals surface area contributed by atoms with Crippen molar-refractivity contribution in [3.63, 3.8) is 0 Å². The molecule has 116 valence electrons. The number of thioether (sulfide) groups is 1. The molecular formula is C17H19NO3S. The molecule has 0 unspecified atom stereocenters. The first-order chi connectivity index (χ1) is 10.7. The van der Waals surface area contributed by atoms with Gasteiger partial charge in [-0.15, -0.1) is 11.8 Å². The van der Waals surface area contributed by atoms with Gasteiger partial charge in [0.25, 0.3) is 0 Å². The summed E-state index contributed by atoms with van der Waals surface area (Å²) in [6.07, 6.45) is 0. The lowest BCUT2D eigenvalue weighted by atomic mass is 10.2. The molecule has 0 bridgehead atoms. The molecule has 2 aromatic rings. The number of benzene rings is 2. The van der Waals surface area contributed by atoms with Crippen LogP contribution < -0.4 is 14.8 Å². The van der Waals surface area contributed by atoms with E-state index in [0.717, 1.165) is 10.5 Å². The van der Waals surface area contributed by atoms with Gasteiger partial charge >= 0.3 is 0 Å². The number of amides is 1. The second-order valence-corrected chi connectivity index (χ2v) is 5.65. The van der Waals surface area contributed by atoms with Crippen LogP contribution in [0.2, 0.25) is 0 Å². The van der Waals surface area contributed by atoms with E-state index in [1.54, 1.807) is 20.3 Å². The van der Waals surface area contributed by atoms with E-state index < -0.39 is 0 Å². The molecule has 0 saturated heterocycles. The summed E-state index contributed by atoms with van der Waals surface area (Å²) in [7, 11) is 3.21. The van der Waals surface area contributed by atoms with Gasteiger partial charge in [-0.2, -0.15) is 0 Å². The van der Waals surface area contributed by atoms with Crippen molar-refractivity contribution in [3.8, 4) is 11.5 Å². The first-order valence-electron chi connectivity index (χ1n) is 6.88. The quantitative estimate of drug-likeness (QED) is 0.797. The Balaban J connectivity index is 1.85. The van der Waals surface area contributed by atoms with Gasteiger partial charge in [-0.05, 0) is 29.8 Å². The minimum absolute atomic E-state index is 0.00404. The third kappa shape index (κ3) is 5.00. The standard InChI is InChI=1S/C17H19NO3S/c1-20-14-8-13(9-15(10-14)21-2)11-18-17(19)12-22-16-6-4-3-5-7-16/h3-10H,11-12H2,1-2H3,(H,18,19). The SMILES string of the molecule is COc1cc(CNC(=O)CSc2ccccc2)cc(OC)c1. The normalized spacial score (nSPS) is 10.1. The summed E-state index contributed by atoms with van der Waals surface area (Å²) >= 11 is 1.52.